The molecule has 2 aliphatic carbocycles. The van der Waals surface area contributed by atoms with Crippen molar-refractivity contribution in [2.24, 2.45) is 28.7 Å². The largest absolute Gasteiger partial charge is 0.369 e. The van der Waals surface area contributed by atoms with Crippen LogP contribution in [0.1, 0.15) is 89.9 Å². The van der Waals surface area contributed by atoms with E-state index in [0.717, 1.165) is 44.9 Å². The molecule has 0 aromatic rings. The van der Waals surface area contributed by atoms with Gasteiger partial charge in [0.1, 0.15) is 0 Å². The van der Waals surface area contributed by atoms with Crippen LogP contribution in [0.3, 0.4) is 0 Å². The molecular formula is C19H34N2O2. The molecular weight excluding hydrogens is 288 g/mol. The van der Waals surface area contributed by atoms with Crippen LogP contribution in [0.4, 0.5) is 0 Å². The standard InChI is InChI=1S/C19H34N2O2/c20-17(22)15-11-13-19(18(21)23)12-9-7-5-3-1-2-4-6-8-10-16(19)14-15/h15-16H,1-14H2,(H2,20,22)(H2,21,23). The predicted molar refractivity (Wildman–Crippen MR) is 92.4 cm³/mol. The van der Waals surface area contributed by atoms with E-state index in [4.69, 9.17) is 11.5 Å². The number of nitrogens with two attached hydrogens (primary N) is 2. The fourth-order valence-corrected chi connectivity index (χ4v) is 4.82. The molecule has 2 aliphatic rings. The maximum Gasteiger partial charge on any atom is 0.223 e. The minimum Gasteiger partial charge on any atom is -0.369 e. The molecule has 0 aliphatic heterocycles. The van der Waals surface area contributed by atoms with Gasteiger partial charge < -0.3 is 11.5 Å². The van der Waals surface area contributed by atoms with Crippen LogP contribution in [0.5, 0.6) is 0 Å². The van der Waals surface area contributed by atoms with Gasteiger partial charge in [-0.25, -0.2) is 0 Å². The minimum atomic E-state index is -0.389. The summed E-state index contributed by atoms with van der Waals surface area (Å²) in [5, 5.41) is 0. The van der Waals surface area contributed by atoms with Crippen molar-refractivity contribution in [1.82, 2.24) is 0 Å². The van der Waals surface area contributed by atoms with E-state index in [1.54, 1.807) is 0 Å². The summed E-state index contributed by atoms with van der Waals surface area (Å²) in [4.78, 5) is 24.0. The van der Waals surface area contributed by atoms with Crippen molar-refractivity contribution in [1.29, 1.82) is 0 Å². The molecule has 2 saturated carbocycles. The molecule has 0 aromatic carbocycles. The van der Waals surface area contributed by atoms with E-state index in [1.807, 2.05) is 0 Å². The molecule has 0 aromatic heterocycles. The molecule has 0 spiro atoms. The normalized spacial score (nSPS) is 34.3. The topological polar surface area (TPSA) is 86.2 Å². The number of hydrogen-bond acceptors (Lipinski definition) is 2. The maximum atomic E-state index is 12.4. The lowest BCUT2D eigenvalue weighted by Gasteiger charge is -2.44. The molecule has 2 fully saturated rings. The third-order valence-electron chi connectivity index (χ3n) is 6.36. The molecule has 4 N–H and O–H groups in total. The molecule has 4 heteroatoms. The lowest BCUT2D eigenvalue weighted by molar-refractivity contribution is -0.138. The van der Waals surface area contributed by atoms with Gasteiger partial charge in [0.15, 0.2) is 0 Å². The highest BCUT2D eigenvalue weighted by Crippen LogP contribution is 2.49. The Hall–Kier alpha value is -1.06. The van der Waals surface area contributed by atoms with Gasteiger partial charge in [-0.3, -0.25) is 9.59 Å². The first-order valence-electron chi connectivity index (χ1n) is 9.65. The van der Waals surface area contributed by atoms with E-state index in [-0.39, 0.29) is 29.1 Å². The number of primary amides is 2. The monoisotopic (exact) mass is 322 g/mol. The second kappa shape index (κ2) is 8.70. The van der Waals surface area contributed by atoms with Gasteiger partial charge in [0.2, 0.25) is 11.8 Å². The van der Waals surface area contributed by atoms with Crippen LogP contribution in [-0.2, 0) is 9.59 Å². The first-order chi connectivity index (χ1) is 11.1. The van der Waals surface area contributed by atoms with E-state index in [9.17, 15) is 9.59 Å². The van der Waals surface area contributed by atoms with Crippen molar-refractivity contribution in [2.75, 3.05) is 0 Å². The van der Waals surface area contributed by atoms with Gasteiger partial charge >= 0.3 is 0 Å². The summed E-state index contributed by atoms with van der Waals surface area (Å²) < 4.78 is 0. The number of carbonyl (C=O) groups is 2. The van der Waals surface area contributed by atoms with Gasteiger partial charge in [-0.1, -0.05) is 57.8 Å². The molecule has 3 atom stereocenters. The van der Waals surface area contributed by atoms with Crippen molar-refractivity contribution >= 4 is 11.8 Å². The van der Waals surface area contributed by atoms with Crippen LogP contribution < -0.4 is 11.5 Å². The molecule has 0 bridgehead atoms. The third-order valence-corrected chi connectivity index (χ3v) is 6.36. The van der Waals surface area contributed by atoms with Crippen molar-refractivity contribution < 1.29 is 9.59 Å². The predicted octanol–water partition coefficient (Wildman–Crippen LogP) is 3.66. The Balaban J connectivity index is 2.13. The molecule has 3 unspecified atom stereocenters. The molecule has 4 nitrogen and oxygen atoms in total. The van der Waals surface area contributed by atoms with Gasteiger partial charge in [-0.2, -0.15) is 0 Å². The molecule has 0 heterocycles. The fourth-order valence-electron chi connectivity index (χ4n) is 4.82. The number of fused-ring (bicyclic) bond motifs is 1. The Morgan fingerprint density at radius 2 is 1.30 bits per heavy atom. The van der Waals surface area contributed by atoms with Crippen LogP contribution in [-0.4, -0.2) is 11.8 Å². The second-order valence-electron chi connectivity index (χ2n) is 7.81. The molecule has 23 heavy (non-hydrogen) atoms. The molecule has 132 valence electrons. The number of hydrogen-bond donors (Lipinski definition) is 2. The Morgan fingerprint density at radius 1 is 0.739 bits per heavy atom. The van der Waals surface area contributed by atoms with Crippen LogP contribution in [0.2, 0.25) is 0 Å². The number of carbonyl (C=O) groups excluding carboxylic acids is 2. The van der Waals surface area contributed by atoms with Gasteiger partial charge in [-0.05, 0) is 38.0 Å². The lowest BCUT2D eigenvalue weighted by atomic mass is 9.59. The van der Waals surface area contributed by atoms with E-state index in [2.05, 4.69) is 0 Å². The summed E-state index contributed by atoms with van der Waals surface area (Å²) in [7, 11) is 0. The smallest absolute Gasteiger partial charge is 0.223 e. The first kappa shape index (κ1) is 18.3. The highest BCUT2D eigenvalue weighted by Gasteiger charge is 2.47. The summed E-state index contributed by atoms with van der Waals surface area (Å²) in [6.45, 7) is 0. The van der Waals surface area contributed by atoms with Crippen molar-refractivity contribution in [2.45, 2.75) is 89.9 Å². The molecule has 0 radical (unpaired) electrons. The van der Waals surface area contributed by atoms with Crippen LogP contribution in [0.15, 0.2) is 0 Å². The van der Waals surface area contributed by atoms with Crippen LogP contribution in [0, 0.1) is 17.3 Å². The van der Waals surface area contributed by atoms with Crippen molar-refractivity contribution in [3.05, 3.63) is 0 Å². The number of amides is 2. The quantitative estimate of drug-likeness (QED) is 0.812. The summed E-state index contributed by atoms with van der Waals surface area (Å²) in [6, 6.07) is 0. The zero-order valence-electron chi connectivity index (χ0n) is 14.5. The average Bonchev–Trinajstić information content (AvgIpc) is 2.54. The van der Waals surface area contributed by atoms with Crippen LogP contribution in [0.25, 0.3) is 0 Å². The van der Waals surface area contributed by atoms with E-state index in [0.29, 0.717) is 0 Å². The zero-order chi connectivity index (χ0) is 16.7. The Labute approximate surface area is 140 Å². The molecule has 2 amide bonds. The Bertz CT molecular complexity index is 410. The van der Waals surface area contributed by atoms with Gasteiger partial charge in [0.25, 0.3) is 0 Å². The molecule has 0 saturated heterocycles. The van der Waals surface area contributed by atoms with Crippen molar-refractivity contribution in [3.8, 4) is 0 Å². The SMILES string of the molecule is NC(=O)C1CCC2(C(N)=O)CCCCCCCCCCCC2C1. The first-order valence-corrected chi connectivity index (χ1v) is 9.65. The zero-order valence-corrected chi connectivity index (χ0v) is 14.5. The lowest BCUT2D eigenvalue weighted by Crippen LogP contribution is -2.48. The fraction of sp³-hybridized carbons (Fsp3) is 0.895. The van der Waals surface area contributed by atoms with Gasteiger partial charge in [0, 0.05) is 5.92 Å². The van der Waals surface area contributed by atoms with E-state index >= 15 is 0 Å². The highest BCUT2D eigenvalue weighted by molar-refractivity contribution is 5.82. The summed E-state index contributed by atoms with van der Waals surface area (Å²) >= 11 is 0. The minimum absolute atomic E-state index is 0.0665. The Morgan fingerprint density at radius 3 is 1.87 bits per heavy atom. The summed E-state index contributed by atoms with van der Waals surface area (Å²) in [6.07, 6.45) is 15.4. The van der Waals surface area contributed by atoms with E-state index in [1.165, 1.54) is 44.9 Å². The van der Waals surface area contributed by atoms with E-state index < -0.39 is 0 Å². The van der Waals surface area contributed by atoms with Crippen molar-refractivity contribution in [3.63, 3.8) is 0 Å². The molecule has 2 rings (SSSR count). The Kier molecular flexibility index (Phi) is 6.91. The maximum absolute atomic E-state index is 12.4. The third kappa shape index (κ3) is 4.71. The second-order valence-corrected chi connectivity index (χ2v) is 7.81. The van der Waals surface area contributed by atoms with Gasteiger partial charge in [0.05, 0.1) is 5.41 Å². The number of rotatable bonds is 2. The summed E-state index contributed by atoms with van der Waals surface area (Å²) in [5.74, 6) is -0.165. The summed E-state index contributed by atoms with van der Waals surface area (Å²) in [5.41, 5.74) is 11.0. The average molecular weight is 322 g/mol. The highest BCUT2D eigenvalue weighted by atomic mass is 16.1. The van der Waals surface area contributed by atoms with Gasteiger partial charge in [-0.15, -0.1) is 0 Å². The van der Waals surface area contributed by atoms with Crippen LogP contribution >= 0.6 is 0 Å².